The van der Waals surface area contributed by atoms with Gasteiger partial charge in [0.2, 0.25) is 0 Å². The summed E-state index contributed by atoms with van der Waals surface area (Å²) in [7, 11) is 0. The van der Waals surface area contributed by atoms with Crippen LogP contribution >= 0.6 is 0 Å². The molecule has 0 saturated carbocycles. The summed E-state index contributed by atoms with van der Waals surface area (Å²) in [6, 6.07) is 15.1. The van der Waals surface area contributed by atoms with Crippen molar-refractivity contribution in [1.29, 1.82) is 0 Å². The molecule has 0 aliphatic rings. The average Bonchev–Trinajstić information content (AvgIpc) is 2.95. The molecule has 0 fully saturated rings. The number of hydrogen-bond donors (Lipinski definition) is 2. The van der Waals surface area contributed by atoms with Crippen LogP contribution in [0.1, 0.15) is 11.3 Å². The number of aromatic amines is 1. The molecule has 0 saturated heterocycles. The number of carboxylic acid groups (broad SMARTS) is 1. The van der Waals surface area contributed by atoms with E-state index in [0.717, 1.165) is 22.2 Å². The number of nitrogens with zero attached hydrogens (tertiary/aromatic N) is 1. The molecule has 2 aromatic carbocycles. The molecule has 5 heteroatoms. The largest absolute Gasteiger partial charge is 0.482 e. The van der Waals surface area contributed by atoms with Crippen molar-refractivity contribution in [2.24, 2.45) is 0 Å². The third kappa shape index (κ3) is 3.15. The quantitative estimate of drug-likeness (QED) is 0.757. The Bertz CT molecular complexity index is 837. The van der Waals surface area contributed by atoms with Crippen LogP contribution in [-0.2, 0) is 4.79 Å². The lowest BCUT2D eigenvalue weighted by molar-refractivity contribution is -0.139. The fraction of sp³-hybridized carbons (Fsp3) is 0.0588. The lowest BCUT2D eigenvalue weighted by Crippen LogP contribution is -2.09. The first-order chi connectivity index (χ1) is 10.7. The van der Waals surface area contributed by atoms with Crippen LogP contribution in [0.15, 0.2) is 48.5 Å². The number of aliphatic carboxylic acids is 1. The van der Waals surface area contributed by atoms with E-state index in [2.05, 4.69) is 10.2 Å². The van der Waals surface area contributed by atoms with Gasteiger partial charge in [0.1, 0.15) is 5.75 Å². The van der Waals surface area contributed by atoms with Crippen LogP contribution in [0.5, 0.6) is 5.75 Å². The normalized spacial score (nSPS) is 11.1. The van der Waals surface area contributed by atoms with Crippen molar-refractivity contribution in [3.63, 3.8) is 0 Å². The number of rotatable bonds is 5. The van der Waals surface area contributed by atoms with Crippen molar-refractivity contribution in [3.8, 4) is 5.75 Å². The monoisotopic (exact) mass is 294 g/mol. The fourth-order valence-corrected chi connectivity index (χ4v) is 2.14. The number of benzene rings is 2. The van der Waals surface area contributed by atoms with Gasteiger partial charge in [-0.25, -0.2) is 4.79 Å². The lowest BCUT2D eigenvalue weighted by atomic mass is 10.1. The summed E-state index contributed by atoms with van der Waals surface area (Å²) in [6.45, 7) is -0.350. The van der Waals surface area contributed by atoms with Gasteiger partial charge in [-0.1, -0.05) is 36.4 Å². The summed E-state index contributed by atoms with van der Waals surface area (Å²) >= 11 is 0. The molecular formula is C17H14N2O3. The Kier molecular flexibility index (Phi) is 3.87. The third-order valence-electron chi connectivity index (χ3n) is 3.15. The Morgan fingerprint density at radius 3 is 2.91 bits per heavy atom. The van der Waals surface area contributed by atoms with Crippen LogP contribution in [-0.4, -0.2) is 27.9 Å². The molecule has 0 bridgehead atoms. The molecule has 0 amide bonds. The highest BCUT2D eigenvalue weighted by Crippen LogP contribution is 2.19. The number of carboxylic acids is 1. The lowest BCUT2D eigenvalue weighted by Gasteiger charge is -2.03. The summed E-state index contributed by atoms with van der Waals surface area (Å²) in [5, 5.41) is 16.9. The molecule has 0 unspecified atom stereocenters. The highest BCUT2D eigenvalue weighted by molar-refractivity contribution is 5.89. The Morgan fingerprint density at radius 2 is 2.05 bits per heavy atom. The molecule has 0 atom stereocenters. The zero-order valence-corrected chi connectivity index (χ0v) is 11.7. The molecule has 2 N–H and O–H groups in total. The minimum absolute atomic E-state index is 0.350. The van der Waals surface area contributed by atoms with Crippen LogP contribution in [0.25, 0.3) is 23.1 Å². The summed E-state index contributed by atoms with van der Waals surface area (Å²) < 4.78 is 5.16. The van der Waals surface area contributed by atoms with Gasteiger partial charge in [0.15, 0.2) is 6.61 Å². The van der Waals surface area contributed by atoms with E-state index < -0.39 is 5.97 Å². The summed E-state index contributed by atoms with van der Waals surface area (Å²) in [5.74, 6) is -0.472. The highest BCUT2D eigenvalue weighted by atomic mass is 16.5. The van der Waals surface area contributed by atoms with E-state index in [4.69, 9.17) is 9.84 Å². The number of carbonyl (C=O) groups is 1. The maximum atomic E-state index is 10.5. The van der Waals surface area contributed by atoms with Crippen molar-refractivity contribution in [1.82, 2.24) is 10.2 Å². The van der Waals surface area contributed by atoms with Gasteiger partial charge in [0.25, 0.3) is 0 Å². The number of para-hydroxylation sites is 1. The Morgan fingerprint density at radius 1 is 1.18 bits per heavy atom. The van der Waals surface area contributed by atoms with Crippen molar-refractivity contribution in [2.45, 2.75) is 0 Å². The van der Waals surface area contributed by atoms with Gasteiger partial charge < -0.3 is 9.84 Å². The molecule has 110 valence electrons. The van der Waals surface area contributed by atoms with Crippen molar-refractivity contribution in [2.75, 3.05) is 6.61 Å². The second kappa shape index (κ2) is 6.13. The van der Waals surface area contributed by atoms with Crippen LogP contribution in [0.4, 0.5) is 0 Å². The van der Waals surface area contributed by atoms with Gasteiger partial charge >= 0.3 is 5.97 Å². The first-order valence-electron chi connectivity index (χ1n) is 6.78. The smallest absolute Gasteiger partial charge is 0.341 e. The van der Waals surface area contributed by atoms with Crippen LogP contribution in [0.3, 0.4) is 0 Å². The molecule has 1 aromatic heterocycles. The Hall–Kier alpha value is -3.08. The molecule has 22 heavy (non-hydrogen) atoms. The number of H-pyrrole nitrogens is 1. The SMILES string of the molecule is O=C(O)COc1cccc(C=Cc2n[nH]c3ccccc23)c1. The van der Waals surface area contributed by atoms with Crippen LogP contribution in [0, 0.1) is 0 Å². The number of ether oxygens (including phenoxy) is 1. The van der Waals surface area contributed by atoms with Gasteiger partial charge in [-0.3, -0.25) is 5.10 Å². The number of fused-ring (bicyclic) bond motifs is 1. The predicted molar refractivity (Wildman–Crippen MR) is 84.6 cm³/mol. The Labute approximate surface area is 126 Å². The average molecular weight is 294 g/mol. The van der Waals surface area contributed by atoms with Crippen molar-refractivity contribution < 1.29 is 14.6 Å². The first kappa shape index (κ1) is 13.9. The summed E-state index contributed by atoms with van der Waals surface area (Å²) in [4.78, 5) is 10.5. The maximum absolute atomic E-state index is 10.5. The molecule has 1 heterocycles. The molecule has 5 nitrogen and oxygen atoms in total. The molecular weight excluding hydrogens is 280 g/mol. The van der Waals surface area contributed by atoms with Crippen molar-refractivity contribution in [3.05, 3.63) is 59.8 Å². The standard InChI is InChI=1S/C17H14N2O3/c20-17(21)11-22-13-5-3-4-12(10-13)8-9-16-14-6-1-2-7-15(14)18-19-16/h1-10H,11H2,(H,18,19)(H,20,21). The maximum Gasteiger partial charge on any atom is 0.341 e. The fourth-order valence-electron chi connectivity index (χ4n) is 2.14. The molecule has 0 aliphatic heterocycles. The van der Waals surface area contributed by atoms with Crippen molar-refractivity contribution >= 4 is 29.0 Å². The zero-order valence-electron chi connectivity index (χ0n) is 11.7. The minimum atomic E-state index is -0.996. The number of hydrogen-bond acceptors (Lipinski definition) is 3. The van der Waals surface area contributed by atoms with Gasteiger partial charge in [-0.15, -0.1) is 0 Å². The first-order valence-corrected chi connectivity index (χ1v) is 6.78. The second-order valence-electron chi connectivity index (χ2n) is 4.74. The number of nitrogens with one attached hydrogen (secondary N) is 1. The van der Waals surface area contributed by atoms with E-state index in [1.807, 2.05) is 48.6 Å². The predicted octanol–water partition coefficient (Wildman–Crippen LogP) is 3.20. The molecule has 3 aromatic rings. The summed E-state index contributed by atoms with van der Waals surface area (Å²) in [5.41, 5.74) is 2.75. The highest BCUT2D eigenvalue weighted by Gasteiger charge is 2.02. The van der Waals surface area contributed by atoms with Gasteiger partial charge in [0.05, 0.1) is 11.2 Å². The van der Waals surface area contributed by atoms with Crippen LogP contribution < -0.4 is 4.74 Å². The van der Waals surface area contributed by atoms with Crippen LogP contribution in [0.2, 0.25) is 0 Å². The second-order valence-corrected chi connectivity index (χ2v) is 4.74. The third-order valence-corrected chi connectivity index (χ3v) is 3.15. The van der Waals surface area contributed by atoms with Gasteiger partial charge in [-0.05, 0) is 29.8 Å². The van der Waals surface area contributed by atoms with E-state index in [9.17, 15) is 4.79 Å². The molecule has 0 spiro atoms. The van der Waals surface area contributed by atoms with Gasteiger partial charge in [0, 0.05) is 5.39 Å². The van der Waals surface area contributed by atoms with E-state index in [-0.39, 0.29) is 6.61 Å². The topological polar surface area (TPSA) is 75.2 Å². The van der Waals surface area contributed by atoms with E-state index in [1.165, 1.54) is 0 Å². The van der Waals surface area contributed by atoms with E-state index in [1.54, 1.807) is 12.1 Å². The number of aromatic nitrogens is 2. The van der Waals surface area contributed by atoms with Gasteiger partial charge in [-0.2, -0.15) is 5.10 Å². The molecule has 0 aliphatic carbocycles. The molecule has 0 radical (unpaired) electrons. The zero-order chi connectivity index (χ0) is 15.4. The van der Waals surface area contributed by atoms with E-state index >= 15 is 0 Å². The Balaban J connectivity index is 1.80. The van der Waals surface area contributed by atoms with E-state index in [0.29, 0.717) is 5.75 Å². The summed E-state index contributed by atoms with van der Waals surface area (Å²) in [6.07, 6.45) is 3.82. The minimum Gasteiger partial charge on any atom is -0.482 e. The molecule has 3 rings (SSSR count).